The lowest BCUT2D eigenvalue weighted by atomic mass is 10.1. The first kappa shape index (κ1) is 15.9. The van der Waals surface area contributed by atoms with Crippen molar-refractivity contribution in [1.29, 1.82) is 0 Å². The Bertz CT molecular complexity index is 647. The highest BCUT2D eigenvalue weighted by atomic mass is 79.9. The zero-order valence-electron chi connectivity index (χ0n) is 11.3. The summed E-state index contributed by atoms with van der Waals surface area (Å²) in [7, 11) is 0. The molecule has 1 atom stereocenters. The Morgan fingerprint density at radius 2 is 1.95 bits per heavy atom. The molecule has 21 heavy (non-hydrogen) atoms. The monoisotopic (exact) mass is 368 g/mol. The molecular formula is C15H14BrClN2O2. The number of nitrogens with zero attached hydrogens (tertiary/aromatic N) is 1. The summed E-state index contributed by atoms with van der Waals surface area (Å²) in [5.74, 6) is 0. The molecule has 0 radical (unpaired) electrons. The molecule has 0 spiro atoms. The number of nitrogens with one attached hydrogen (secondary N) is 1. The summed E-state index contributed by atoms with van der Waals surface area (Å²) < 4.78 is 1.04. The van der Waals surface area contributed by atoms with Gasteiger partial charge in [-0.2, -0.15) is 0 Å². The molecule has 6 heteroatoms. The van der Waals surface area contributed by atoms with E-state index in [4.69, 9.17) is 11.6 Å². The van der Waals surface area contributed by atoms with E-state index >= 15 is 0 Å². The second-order valence-electron chi connectivity index (χ2n) is 4.69. The van der Waals surface area contributed by atoms with Gasteiger partial charge in [0.1, 0.15) is 0 Å². The number of nitro groups is 1. The Labute approximate surface area is 136 Å². The molecule has 0 aliphatic heterocycles. The highest BCUT2D eigenvalue weighted by Gasteiger charge is 2.10. The Morgan fingerprint density at radius 3 is 2.52 bits per heavy atom. The van der Waals surface area contributed by atoms with Gasteiger partial charge in [-0.3, -0.25) is 10.1 Å². The predicted octanol–water partition coefficient (Wildman–Crippen LogP) is 4.86. The lowest BCUT2D eigenvalue weighted by Gasteiger charge is -2.15. The maximum atomic E-state index is 10.7. The van der Waals surface area contributed by atoms with Gasteiger partial charge in [-0.15, -0.1) is 0 Å². The second kappa shape index (κ2) is 7.02. The van der Waals surface area contributed by atoms with E-state index in [0.717, 1.165) is 15.6 Å². The van der Waals surface area contributed by atoms with Crippen LogP contribution in [-0.4, -0.2) is 4.92 Å². The summed E-state index contributed by atoms with van der Waals surface area (Å²) in [6.45, 7) is 2.61. The van der Waals surface area contributed by atoms with Crippen molar-refractivity contribution in [2.24, 2.45) is 0 Å². The van der Waals surface area contributed by atoms with Crippen molar-refractivity contribution in [3.05, 3.63) is 73.2 Å². The first-order valence-corrected chi connectivity index (χ1v) is 7.56. The van der Waals surface area contributed by atoms with Gasteiger partial charge in [0, 0.05) is 29.2 Å². The Morgan fingerprint density at radius 1 is 1.29 bits per heavy atom. The van der Waals surface area contributed by atoms with Crippen LogP contribution in [0.15, 0.2) is 46.9 Å². The van der Waals surface area contributed by atoms with E-state index in [1.165, 1.54) is 12.1 Å². The van der Waals surface area contributed by atoms with Gasteiger partial charge in [-0.25, -0.2) is 0 Å². The van der Waals surface area contributed by atoms with Crippen molar-refractivity contribution in [1.82, 2.24) is 5.32 Å². The molecule has 0 fully saturated rings. The minimum atomic E-state index is -0.451. The van der Waals surface area contributed by atoms with Gasteiger partial charge in [0.2, 0.25) is 0 Å². The number of hydrogen-bond donors (Lipinski definition) is 1. The van der Waals surface area contributed by atoms with Crippen molar-refractivity contribution >= 4 is 33.2 Å². The average molecular weight is 370 g/mol. The maximum Gasteiger partial charge on any atom is 0.270 e. The van der Waals surface area contributed by atoms with Crippen LogP contribution in [0, 0.1) is 10.1 Å². The van der Waals surface area contributed by atoms with Crippen LogP contribution >= 0.6 is 27.5 Å². The lowest BCUT2D eigenvalue weighted by Crippen LogP contribution is -2.18. The summed E-state index contributed by atoms with van der Waals surface area (Å²) in [6, 6.07) is 12.7. The van der Waals surface area contributed by atoms with E-state index in [1.807, 2.05) is 24.3 Å². The van der Waals surface area contributed by atoms with Crippen LogP contribution in [0.25, 0.3) is 0 Å². The van der Waals surface area contributed by atoms with Crippen LogP contribution in [-0.2, 0) is 6.54 Å². The van der Waals surface area contributed by atoms with E-state index < -0.39 is 4.92 Å². The van der Waals surface area contributed by atoms with Crippen LogP contribution in [0.5, 0.6) is 0 Å². The molecule has 0 aromatic heterocycles. The molecule has 2 aromatic carbocycles. The highest BCUT2D eigenvalue weighted by Crippen LogP contribution is 2.23. The fourth-order valence-corrected chi connectivity index (χ4v) is 2.43. The average Bonchev–Trinajstić information content (AvgIpc) is 2.46. The zero-order valence-corrected chi connectivity index (χ0v) is 13.7. The molecule has 0 aliphatic carbocycles. The standard InChI is InChI=1S/C15H14BrClN2O2/c1-10(11-2-5-13(16)6-3-11)18-9-12-4-7-14(19(20)21)8-15(12)17/h2-8,10,18H,9H2,1H3/t10-/m1/s1. The van der Waals surface area contributed by atoms with Gasteiger partial charge in [0.15, 0.2) is 0 Å². The number of rotatable bonds is 5. The summed E-state index contributed by atoms with van der Waals surface area (Å²) in [5.41, 5.74) is 2.01. The number of hydrogen-bond acceptors (Lipinski definition) is 3. The molecule has 2 aromatic rings. The summed E-state index contributed by atoms with van der Waals surface area (Å²) in [4.78, 5) is 10.2. The normalized spacial score (nSPS) is 12.1. The number of non-ortho nitro benzene ring substituents is 1. The SMILES string of the molecule is C[C@@H](NCc1ccc([N+](=O)[O-])cc1Cl)c1ccc(Br)cc1. The second-order valence-corrected chi connectivity index (χ2v) is 6.01. The summed E-state index contributed by atoms with van der Waals surface area (Å²) in [6.07, 6.45) is 0. The quantitative estimate of drug-likeness (QED) is 0.605. The zero-order chi connectivity index (χ0) is 15.4. The molecule has 0 aliphatic rings. The van der Waals surface area contributed by atoms with Crippen LogP contribution in [0.3, 0.4) is 0 Å². The van der Waals surface area contributed by atoms with E-state index in [2.05, 4.69) is 28.2 Å². The van der Waals surface area contributed by atoms with Gasteiger partial charge in [0.25, 0.3) is 5.69 Å². The molecule has 2 rings (SSSR count). The van der Waals surface area contributed by atoms with Crippen molar-refractivity contribution < 1.29 is 4.92 Å². The van der Waals surface area contributed by atoms with Crippen molar-refractivity contribution in [3.8, 4) is 0 Å². The van der Waals surface area contributed by atoms with Crippen LogP contribution in [0.2, 0.25) is 5.02 Å². The van der Waals surface area contributed by atoms with Gasteiger partial charge < -0.3 is 5.32 Å². The number of benzene rings is 2. The van der Waals surface area contributed by atoms with E-state index in [1.54, 1.807) is 6.07 Å². The molecule has 110 valence electrons. The summed E-state index contributed by atoms with van der Waals surface area (Å²) in [5, 5.41) is 14.4. The largest absolute Gasteiger partial charge is 0.306 e. The number of nitro benzene ring substituents is 1. The predicted molar refractivity (Wildman–Crippen MR) is 87.5 cm³/mol. The van der Waals surface area contributed by atoms with Crippen LogP contribution in [0.1, 0.15) is 24.1 Å². The molecule has 4 nitrogen and oxygen atoms in total. The molecule has 0 unspecified atom stereocenters. The Hall–Kier alpha value is -1.43. The molecule has 1 N–H and O–H groups in total. The fourth-order valence-electron chi connectivity index (χ4n) is 1.93. The third-order valence-electron chi connectivity index (χ3n) is 3.22. The van der Waals surface area contributed by atoms with Gasteiger partial charge in [0.05, 0.1) is 9.95 Å². The molecule has 0 saturated carbocycles. The lowest BCUT2D eigenvalue weighted by molar-refractivity contribution is -0.384. The van der Waals surface area contributed by atoms with E-state index in [-0.39, 0.29) is 11.7 Å². The van der Waals surface area contributed by atoms with Crippen LogP contribution in [0.4, 0.5) is 5.69 Å². The van der Waals surface area contributed by atoms with E-state index in [0.29, 0.717) is 11.6 Å². The Kier molecular flexibility index (Phi) is 5.33. The van der Waals surface area contributed by atoms with Gasteiger partial charge in [-0.05, 0) is 36.2 Å². The minimum absolute atomic E-state index is 0.00436. The Balaban J connectivity index is 2.02. The van der Waals surface area contributed by atoms with Crippen molar-refractivity contribution in [3.63, 3.8) is 0 Å². The third-order valence-corrected chi connectivity index (χ3v) is 4.10. The number of halogens is 2. The highest BCUT2D eigenvalue weighted by molar-refractivity contribution is 9.10. The van der Waals surface area contributed by atoms with Crippen LogP contribution < -0.4 is 5.32 Å². The van der Waals surface area contributed by atoms with E-state index in [9.17, 15) is 10.1 Å². The summed E-state index contributed by atoms with van der Waals surface area (Å²) >= 11 is 9.48. The molecule has 0 amide bonds. The molecular weight excluding hydrogens is 356 g/mol. The smallest absolute Gasteiger partial charge is 0.270 e. The third kappa shape index (κ3) is 4.27. The van der Waals surface area contributed by atoms with Gasteiger partial charge in [-0.1, -0.05) is 39.7 Å². The minimum Gasteiger partial charge on any atom is -0.306 e. The molecule has 0 saturated heterocycles. The molecule has 0 bridgehead atoms. The topological polar surface area (TPSA) is 55.2 Å². The maximum absolute atomic E-state index is 10.7. The fraction of sp³-hybridized carbons (Fsp3) is 0.200. The first-order valence-electron chi connectivity index (χ1n) is 6.39. The van der Waals surface area contributed by atoms with Gasteiger partial charge >= 0.3 is 0 Å². The first-order chi connectivity index (χ1) is 9.97. The molecule has 0 heterocycles. The van der Waals surface area contributed by atoms with Crippen molar-refractivity contribution in [2.75, 3.05) is 0 Å². The van der Waals surface area contributed by atoms with Crippen molar-refractivity contribution in [2.45, 2.75) is 19.5 Å².